The lowest BCUT2D eigenvalue weighted by molar-refractivity contribution is 0.351. The molecule has 0 radical (unpaired) electrons. The maximum Gasteiger partial charge on any atom is 0.271 e. The molecule has 1 fully saturated rings. The summed E-state index contributed by atoms with van der Waals surface area (Å²) >= 11 is 0. The van der Waals surface area contributed by atoms with Crippen LogP contribution in [0, 0.1) is 6.92 Å². The molecule has 1 aliphatic heterocycles. The minimum atomic E-state index is -0.185. The van der Waals surface area contributed by atoms with E-state index in [9.17, 15) is 4.79 Å². The molecule has 0 amide bonds. The summed E-state index contributed by atoms with van der Waals surface area (Å²) in [4.78, 5) is 25.9. The molecule has 25 heavy (non-hydrogen) atoms. The van der Waals surface area contributed by atoms with Gasteiger partial charge in [-0.1, -0.05) is 29.8 Å². The molecule has 4 rings (SSSR count). The van der Waals surface area contributed by atoms with Crippen molar-refractivity contribution >= 4 is 18.1 Å². The van der Waals surface area contributed by atoms with Crippen molar-refractivity contribution in [2.24, 2.45) is 4.99 Å². The van der Waals surface area contributed by atoms with Crippen molar-refractivity contribution < 1.29 is 0 Å². The van der Waals surface area contributed by atoms with Crippen LogP contribution in [0.15, 0.2) is 40.2 Å². The summed E-state index contributed by atoms with van der Waals surface area (Å²) < 4.78 is 1.57. The Morgan fingerprint density at radius 2 is 1.92 bits per heavy atom. The molecule has 1 aromatic carbocycles. The number of aromatic nitrogens is 4. The van der Waals surface area contributed by atoms with Crippen LogP contribution >= 0.6 is 0 Å². The third kappa shape index (κ3) is 3.31. The average molecular weight is 336 g/mol. The summed E-state index contributed by atoms with van der Waals surface area (Å²) in [5.41, 5.74) is 2.37. The predicted octanol–water partition coefficient (Wildman–Crippen LogP) is 2.54. The standard InChI is InChI=1S/C18H20N6O/c1-13-5-7-14(8-6-13)15-11-24-18(20-16(15)25)21-17(22-24)19-12-23-9-3-2-4-10-23/h5-8,11-12H,2-4,9-10H2,1H3,(H,20,21,22,25). The van der Waals surface area contributed by atoms with Crippen molar-refractivity contribution in [2.75, 3.05) is 13.1 Å². The van der Waals surface area contributed by atoms with E-state index in [1.165, 1.54) is 19.3 Å². The highest BCUT2D eigenvalue weighted by Gasteiger charge is 2.10. The Labute approximate surface area is 145 Å². The lowest BCUT2D eigenvalue weighted by Gasteiger charge is -2.23. The highest BCUT2D eigenvalue weighted by Crippen LogP contribution is 2.16. The molecule has 1 aliphatic rings. The fraction of sp³-hybridized carbons (Fsp3) is 0.333. The zero-order chi connectivity index (χ0) is 17.2. The van der Waals surface area contributed by atoms with E-state index in [4.69, 9.17) is 0 Å². The zero-order valence-electron chi connectivity index (χ0n) is 14.1. The third-order valence-corrected chi connectivity index (χ3v) is 4.43. The number of nitrogens with zero attached hydrogens (tertiary/aromatic N) is 5. The predicted molar refractivity (Wildman–Crippen MR) is 97.4 cm³/mol. The van der Waals surface area contributed by atoms with Gasteiger partial charge in [0.2, 0.25) is 5.78 Å². The first-order valence-electron chi connectivity index (χ1n) is 8.54. The average Bonchev–Trinajstić information content (AvgIpc) is 3.03. The number of likely N-dealkylation sites (tertiary alicyclic amines) is 1. The van der Waals surface area contributed by atoms with E-state index in [-0.39, 0.29) is 5.56 Å². The molecule has 128 valence electrons. The number of benzene rings is 1. The fourth-order valence-electron chi connectivity index (χ4n) is 3.00. The molecule has 1 N–H and O–H groups in total. The number of rotatable bonds is 3. The maximum atomic E-state index is 12.3. The lowest BCUT2D eigenvalue weighted by atomic mass is 10.1. The fourth-order valence-corrected chi connectivity index (χ4v) is 3.00. The smallest absolute Gasteiger partial charge is 0.271 e. The van der Waals surface area contributed by atoms with Gasteiger partial charge >= 0.3 is 0 Å². The molecule has 0 aliphatic carbocycles. The van der Waals surface area contributed by atoms with E-state index in [0.29, 0.717) is 17.3 Å². The minimum Gasteiger partial charge on any atom is -0.362 e. The number of H-pyrrole nitrogens is 1. The highest BCUT2D eigenvalue weighted by molar-refractivity contribution is 5.63. The molecule has 0 bridgehead atoms. The van der Waals surface area contributed by atoms with Crippen molar-refractivity contribution in [1.82, 2.24) is 24.5 Å². The van der Waals surface area contributed by atoms with Gasteiger partial charge in [0.25, 0.3) is 11.5 Å². The second-order valence-electron chi connectivity index (χ2n) is 6.38. The van der Waals surface area contributed by atoms with E-state index in [1.54, 1.807) is 17.1 Å². The summed E-state index contributed by atoms with van der Waals surface area (Å²) in [6.07, 6.45) is 7.16. The molecule has 0 unspecified atom stereocenters. The number of hydrogen-bond donors (Lipinski definition) is 1. The first-order chi connectivity index (χ1) is 12.2. The Hall–Kier alpha value is -2.96. The molecule has 7 heteroatoms. The Morgan fingerprint density at radius 3 is 2.68 bits per heavy atom. The molecular formula is C18H20N6O. The van der Waals surface area contributed by atoms with E-state index >= 15 is 0 Å². The van der Waals surface area contributed by atoms with Crippen LogP contribution in [0.5, 0.6) is 0 Å². The van der Waals surface area contributed by atoms with Crippen LogP contribution in [0.3, 0.4) is 0 Å². The van der Waals surface area contributed by atoms with Gasteiger partial charge in [-0.05, 0) is 31.7 Å². The monoisotopic (exact) mass is 336 g/mol. The van der Waals surface area contributed by atoms with Crippen molar-refractivity contribution in [3.05, 3.63) is 46.4 Å². The molecule has 0 spiro atoms. The Morgan fingerprint density at radius 1 is 1.16 bits per heavy atom. The zero-order valence-corrected chi connectivity index (χ0v) is 14.1. The van der Waals surface area contributed by atoms with Gasteiger partial charge in [0.05, 0.1) is 11.9 Å². The van der Waals surface area contributed by atoms with Gasteiger partial charge in [-0.3, -0.25) is 9.78 Å². The van der Waals surface area contributed by atoms with E-state index < -0.39 is 0 Å². The SMILES string of the molecule is Cc1ccc(-c2cn3nc(N=CN4CCCCC4)nc3[nH]c2=O)cc1. The van der Waals surface area contributed by atoms with Gasteiger partial charge in [-0.15, -0.1) is 5.10 Å². The van der Waals surface area contributed by atoms with E-state index in [2.05, 4.69) is 25.0 Å². The van der Waals surface area contributed by atoms with Crippen LogP contribution in [0.1, 0.15) is 24.8 Å². The van der Waals surface area contributed by atoms with Crippen molar-refractivity contribution in [3.8, 4) is 11.1 Å². The van der Waals surface area contributed by atoms with Crippen LogP contribution in [-0.2, 0) is 0 Å². The quantitative estimate of drug-likeness (QED) is 0.589. The first kappa shape index (κ1) is 15.6. The van der Waals surface area contributed by atoms with Crippen LogP contribution in [-0.4, -0.2) is 43.9 Å². The molecule has 3 aromatic rings. The van der Waals surface area contributed by atoms with Gasteiger partial charge in [-0.25, -0.2) is 9.51 Å². The number of nitrogens with one attached hydrogen (secondary N) is 1. The van der Waals surface area contributed by atoms with Gasteiger partial charge in [0, 0.05) is 19.3 Å². The molecule has 2 aromatic heterocycles. The Balaban J connectivity index is 1.65. The van der Waals surface area contributed by atoms with Gasteiger partial charge in [0.1, 0.15) is 0 Å². The molecule has 1 saturated heterocycles. The number of fused-ring (bicyclic) bond motifs is 1. The molecule has 0 atom stereocenters. The van der Waals surface area contributed by atoms with E-state index in [0.717, 1.165) is 24.2 Å². The van der Waals surface area contributed by atoms with Crippen LogP contribution < -0.4 is 5.56 Å². The summed E-state index contributed by atoms with van der Waals surface area (Å²) in [5.74, 6) is 0.744. The first-order valence-corrected chi connectivity index (χ1v) is 8.54. The van der Waals surface area contributed by atoms with Gasteiger partial charge < -0.3 is 4.90 Å². The summed E-state index contributed by atoms with van der Waals surface area (Å²) in [6, 6.07) is 7.82. The van der Waals surface area contributed by atoms with Crippen LogP contribution in [0.25, 0.3) is 16.9 Å². The number of aliphatic imine (C=N–C) groups is 1. The third-order valence-electron chi connectivity index (χ3n) is 4.43. The lowest BCUT2D eigenvalue weighted by Crippen LogP contribution is -2.28. The van der Waals surface area contributed by atoms with Crippen molar-refractivity contribution in [2.45, 2.75) is 26.2 Å². The normalized spacial score (nSPS) is 15.3. The van der Waals surface area contributed by atoms with Crippen molar-refractivity contribution in [3.63, 3.8) is 0 Å². The number of aromatic amines is 1. The Kier molecular flexibility index (Phi) is 4.05. The molecule has 7 nitrogen and oxygen atoms in total. The van der Waals surface area contributed by atoms with Crippen LogP contribution in [0.4, 0.5) is 5.95 Å². The van der Waals surface area contributed by atoms with Crippen LogP contribution in [0.2, 0.25) is 0 Å². The summed E-state index contributed by atoms with van der Waals surface area (Å²) in [7, 11) is 0. The second kappa shape index (κ2) is 6.51. The topological polar surface area (TPSA) is 78.7 Å². The highest BCUT2D eigenvalue weighted by atomic mass is 16.1. The molecule has 0 saturated carbocycles. The largest absolute Gasteiger partial charge is 0.362 e. The molecular weight excluding hydrogens is 316 g/mol. The van der Waals surface area contributed by atoms with Gasteiger partial charge in [0.15, 0.2) is 0 Å². The minimum absolute atomic E-state index is 0.185. The Bertz CT molecular complexity index is 963. The van der Waals surface area contributed by atoms with E-state index in [1.807, 2.05) is 31.2 Å². The summed E-state index contributed by atoms with van der Waals surface area (Å²) in [6.45, 7) is 4.05. The maximum absolute atomic E-state index is 12.3. The number of aryl methyl sites for hydroxylation is 1. The van der Waals surface area contributed by atoms with Crippen molar-refractivity contribution in [1.29, 1.82) is 0 Å². The summed E-state index contributed by atoms with van der Waals surface area (Å²) in [5, 5.41) is 4.35. The number of piperidine rings is 1. The number of hydrogen-bond acceptors (Lipinski definition) is 4. The second-order valence-corrected chi connectivity index (χ2v) is 6.38. The molecule has 3 heterocycles. The van der Waals surface area contributed by atoms with Gasteiger partial charge in [-0.2, -0.15) is 4.98 Å².